The molecule has 128 valence electrons. The highest BCUT2D eigenvalue weighted by molar-refractivity contribution is 5.81. The van der Waals surface area contributed by atoms with Crippen LogP contribution in [0.1, 0.15) is 96.8 Å². The van der Waals surface area contributed by atoms with Gasteiger partial charge in [-0.25, -0.2) is 5.53 Å². The van der Waals surface area contributed by atoms with E-state index < -0.39 is 0 Å². The van der Waals surface area contributed by atoms with Gasteiger partial charge in [0.2, 0.25) is 0 Å². The Labute approximate surface area is 137 Å². The molecule has 0 aliphatic rings. The summed E-state index contributed by atoms with van der Waals surface area (Å²) in [4.78, 5) is 0. The molecule has 0 bridgehead atoms. The second-order valence-electron chi connectivity index (χ2n) is 5.99. The fraction of sp³-hybridized carbons (Fsp3) is 0.833. The molecule has 0 saturated carbocycles. The van der Waals surface area contributed by atoms with Crippen LogP contribution in [0, 0.1) is 5.53 Å². The third-order valence-corrected chi connectivity index (χ3v) is 3.94. The number of nitrogens with one attached hydrogen (secondary N) is 1. The second kappa shape index (κ2) is 17.9. The molecule has 4 nitrogen and oxygen atoms in total. The van der Waals surface area contributed by atoms with Gasteiger partial charge in [-0.05, 0) is 32.1 Å². The van der Waals surface area contributed by atoms with Gasteiger partial charge in [0.1, 0.15) is 0 Å². The van der Waals surface area contributed by atoms with Gasteiger partial charge in [-0.15, -0.1) is 5.11 Å². The van der Waals surface area contributed by atoms with Crippen molar-refractivity contribution >= 4 is 5.84 Å². The highest BCUT2D eigenvalue weighted by atomic mass is 15.2. The average molecular weight is 309 g/mol. The lowest BCUT2D eigenvalue weighted by atomic mass is 10.1. The average Bonchev–Trinajstić information content (AvgIpc) is 2.55. The molecule has 0 rings (SSSR count). The SMILES string of the molecule is CCCCCCCC/C=C\CCCCCCC/C(N=N)=N/N. The van der Waals surface area contributed by atoms with Crippen LogP contribution in [-0.2, 0) is 0 Å². The molecule has 0 atom stereocenters. The predicted molar refractivity (Wildman–Crippen MR) is 96.2 cm³/mol. The van der Waals surface area contributed by atoms with Crippen LogP contribution in [0.5, 0.6) is 0 Å². The van der Waals surface area contributed by atoms with E-state index in [4.69, 9.17) is 11.4 Å². The van der Waals surface area contributed by atoms with Gasteiger partial charge in [0.15, 0.2) is 5.84 Å². The number of unbranched alkanes of at least 4 members (excludes halogenated alkanes) is 11. The van der Waals surface area contributed by atoms with E-state index in [0.29, 0.717) is 5.84 Å². The van der Waals surface area contributed by atoms with Crippen LogP contribution in [0.4, 0.5) is 0 Å². The summed E-state index contributed by atoms with van der Waals surface area (Å²) in [6.45, 7) is 2.27. The number of rotatable bonds is 15. The summed E-state index contributed by atoms with van der Waals surface area (Å²) in [5.41, 5.74) is 6.85. The van der Waals surface area contributed by atoms with Crippen LogP contribution in [0.15, 0.2) is 22.4 Å². The summed E-state index contributed by atoms with van der Waals surface area (Å²) < 4.78 is 0. The van der Waals surface area contributed by atoms with Crippen molar-refractivity contribution in [2.24, 2.45) is 16.1 Å². The van der Waals surface area contributed by atoms with E-state index in [1.807, 2.05) is 0 Å². The Balaban J connectivity index is 3.19. The molecule has 0 heterocycles. The van der Waals surface area contributed by atoms with Crippen molar-refractivity contribution < 1.29 is 0 Å². The maximum atomic E-state index is 6.85. The Morgan fingerprint density at radius 2 is 1.32 bits per heavy atom. The highest BCUT2D eigenvalue weighted by Crippen LogP contribution is 2.10. The monoisotopic (exact) mass is 308 g/mol. The van der Waals surface area contributed by atoms with Crippen LogP contribution in [0.2, 0.25) is 0 Å². The molecule has 0 aromatic carbocycles. The minimum absolute atomic E-state index is 0.456. The predicted octanol–water partition coefficient (Wildman–Crippen LogP) is 6.33. The lowest BCUT2D eigenvalue weighted by Gasteiger charge is -2.00. The first kappa shape index (κ1) is 20.8. The molecule has 0 radical (unpaired) electrons. The van der Waals surface area contributed by atoms with E-state index in [-0.39, 0.29) is 0 Å². The fourth-order valence-electron chi connectivity index (χ4n) is 2.50. The maximum Gasteiger partial charge on any atom is 0.169 e. The lowest BCUT2D eigenvalue weighted by molar-refractivity contribution is 0.609. The fourth-order valence-corrected chi connectivity index (χ4v) is 2.50. The van der Waals surface area contributed by atoms with Crippen LogP contribution in [0.25, 0.3) is 0 Å². The van der Waals surface area contributed by atoms with E-state index in [1.54, 1.807) is 0 Å². The number of nitrogens with zero attached hydrogens (tertiary/aromatic N) is 2. The van der Waals surface area contributed by atoms with Crippen molar-refractivity contribution in [1.29, 1.82) is 5.53 Å². The zero-order chi connectivity index (χ0) is 16.3. The Bertz CT molecular complexity index is 297. The van der Waals surface area contributed by atoms with E-state index in [9.17, 15) is 0 Å². The van der Waals surface area contributed by atoms with E-state index in [1.165, 1.54) is 77.0 Å². The standard InChI is InChI=1S/C18H36N4/c1-2-3-4-5-6-7-8-9-10-11-12-13-14-15-16-17-18(21-19)22-20/h9-10,19H,2-8,11-17,20H2,1H3/b10-9-,21-19?,22-18-. The summed E-state index contributed by atoms with van der Waals surface area (Å²) >= 11 is 0. The minimum atomic E-state index is 0.456. The van der Waals surface area contributed by atoms with Crippen LogP contribution in [-0.4, -0.2) is 5.84 Å². The van der Waals surface area contributed by atoms with Crippen LogP contribution >= 0.6 is 0 Å². The number of hydrogen-bond donors (Lipinski definition) is 2. The van der Waals surface area contributed by atoms with Crippen LogP contribution in [0.3, 0.4) is 0 Å². The largest absolute Gasteiger partial charge is 0.321 e. The Morgan fingerprint density at radius 3 is 1.82 bits per heavy atom. The van der Waals surface area contributed by atoms with Gasteiger partial charge in [0, 0.05) is 6.42 Å². The van der Waals surface area contributed by atoms with Gasteiger partial charge in [-0.2, -0.15) is 5.10 Å². The molecule has 3 N–H and O–H groups in total. The Kier molecular flexibility index (Phi) is 16.9. The smallest absolute Gasteiger partial charge is 0.169 e. The molecule has 22 heavy (non-hydrogen) atoms. The summed E-state index contributed by atoms with van der Waals surface area (Å²) in [6, 6.07) is 0. The number of hydrogen-bond acceptors (Lipinski definition) is 3. The molecule has 0 aromatic rings. The van der Waals surface area contributed by atoms with E-state index >= 15 is 0 Å². The molecule has 0 amide bonds. The molecule has 0 aliphatic heterocycles. The summed E-state index contributed by atoms with van der Waals surface area (Å²) in [7, 11) is 0. The number of amidine groups is 1. The molecule has 0 aromatic heterocycles. The van der Waals surface area contributed by atoms with Crippen LogP contribution < -0.4 is 5.84 Å². The highest BCUT2D eigenvalue weighted by Gasteiger charge is 1.96. The zero-order valence-electron chi connectivity index (χ0n) is 14.5. The Hall–Kier alpha value is -1.19. The Morgan fingerprint density at radius 1 is 0.818 bits per heavy atom. The van der Waals surface area contributed by atoms with Gasteiger partial charge in [-0.1, -0.05) is 70.4 Å². The number of hydrazone groups is 1. The summed E-state index contributed by atoms with van der Waals surface area (Å²) in [5, 5.41) is 6.74. The van der Waals surface area contributed by atoms with Gasteiger partial charge >= 0.3 is 0 Å². The first-order chi connectivity index (χ1) is 10.8. The molecular formula is C18H36N4. The maximum absolute atomic E-state index is 6.85. The van der Waals surface area contributed by atoms with Crippen molar-refractivity contribution in [3.05, 3.63) is 12.2 Å². The number of nitrogens with two attached hydrogens (primary N) is 1. The summed E-state index contributed by atoms with van der Waals surface area (Å²) in [5.74, 6) is 5.57. The van der Waals surface area contributed by atoms with Gasteiger partial charge < -0.3 is 5.84 Å². The molecule has 0 fully saturated rings. The lowest BCUT2D eigenvalue weighted by Crippen LogP contribution is -1.97. The second-order valence-corrected chi connectivity index (χ2v) is 5.99. The van der Waals surface area contributed by atoms with Crippen molar-refractivity contribution in [2.45, 2.75) is 96.8 Å². The zero-order valence-corrected chi connectivity index (χ0v) is 14.5. The molecule has 0 aliphatic carbocycles. The molecular weight excluding hydrogens is 272 g/mol. The normalized spacial score (nSPS) is 12.1. The third kappa shape index (κ3) is 15.2. The van der Waals surface area contributed by atoms with Crippen molar-refractivity contribution in [1.82, 2.24) is 0 Å². The van der Waals surface area contributed by atoms with Gasteiger partial charge in [0.25, 0.3) is 0 Å². The molecule has 0 spiro atoms. The van der Waals surface area contributed by atoms with Gasteiger partial charge in [0.05, 0.1) is 0 Å². The summed E-state index contributed by atoms with van der Waals surface area (Å²) in [6.07, 6.45) is 22.2. The first-order valence-corrected chi connectivity index (χ1v) is 9.14. The molecule has 0 unspecified atom stereocenters. The topological polar surface area (TPSA) is 74.6 Å². The number of allylic oxidation sites excluding steroid dienone is 2. The quantitative estimate of drug-likeness (QED) is 0.0693. The van der Waals surface area contributed by atoms with Crippen molar-refractivity contribution in [2.75, 3.05) is 0 Å². The van der Waals surface area contributed by atoms with E-state index in [2.05, 4.69) is 29.3 Å². The first-order valence-electron chi connectivity index (χ1n) is 9.14. The molecule has 4 heteroatoms. The van der Waals surface area contributed by atoms with Gasteiger partial charge in [-0.3, -0.25) is 0 Å². The third-order valence-electron chi connectivity index (χ3n) is 3.94. The van der Waals surface area contributed by atoms with E-state index in [0.717, 1.165) is 12.8 Å². The van der Waals surface area contributed by atoms with Crippen molar-refractivity contribution in [3.8, 4) is 0 Å². The van der Waals surface area contributed by atoms with Crippen molar-refractivity contribution in [3.63, 3.8) is 0 Å². The minimum Gasteiger partial charge on any atom is -0.321 e. The molecule has 0 saturated heterocycles.